The van der Waals surface area contributed by atoms with Crippen molar-refractivity contribution in [3.8, 4) is 5.75 Å². The van der Waals surface area contributed by atoms with Crippen LogP contribution in [0.5, 0.6) is 5.75 Å². The number of hydrogen-bond donors (Lipinski definition) is 2. The SMILES string of the molecule is C=CC(=O)Nc1cc(Nc2cc(N3OCCC3c3cccc(F)c3)ncn2)c(OC)cc1N1CCN(C(C)=O)CC1. The van der Waals surface area contributed by atoms with Gasteiger partial charge in [-0.15, -0.1) is 0 Å². The molecule has 3 aromatic rings. The fourth-order valence-electron chi connectivity index (χ4n) is 5.03. The first kappa shape index (κ1) is 27.8. The molecular formula is C29H32FN7O4. The van der Waals surface area contributed by atoms with Gasteiger partial charge in [0.25, 0.3) is 0 Å². The van der Waals surface area contributed by atoms with E-state index < -0.39 is 0 Å². The molecule has 214 valence electrons. The van der Waals surface area contributed by atoms with Crippen LogP contribution in [0.25, 0.3) is 0 Å². The van der Waals surface area contributed by atoms with Gasteiger partial charge in [-0.3, -0.25) is 14.4 Å². The van der Waals surface area contributed by atoms with Crippen molar-refractivity contribution in [1.82, 2.24) is 14.9 Å². The van der Waals surface area contributed by atoms with Crippen LogP contribution in [-0.4, -0.2) is 66.6 Å². The van der Waals surface area contributed by atoms with Gasteiger partial charge in [-0.1, -0.05) is 18.7 Å². The van der Waals surface area contributed by atoms with E-state index in [1.807, 2.05) is 12.1 Å². The van der Waals surface area contributed by atoms with Gasteiger partial charge in [-0.25, -0.2) is 19.4 Å². The first-order valence-corrected chi connectivity index (χ1v) is 13.3. The largest absolute Gasteiger partial charge is 0.494 e. The topological polar surface area (TPSA) is 112 Å². The third kappa shape index (κ3) is 6.22. The van der Waals surface area contributed by atoms with E-state index in [-0.39, 0.29) is 23.7 Å². The Labute approximate surface area is 237 Å². The first-order valence-electron chi connectivity index (χ1n) is 13.3. The molecular weight excluding hydrogens is 529 g/mol. The molecule has 0 aliphatic carbocycles. The maximum Gasteiger partial charge on any atom is 0.247 e. The number of aromatic nitrogens is 2. The highest BCUT2D eigenvalue weighted by Crippen LogP contribution is 2.40. The van der Waals surface area contributed by atoms with Crippen molar-refractivity contribution >= 4 is 40.5 Å². The summed E-state index contributed by atoms with van der Waals surface area (Å²) in [5, 5.41) is 7.82. The highest BCUT2D eigenvalue weighted by molar-refractivity contribution is 6.02. The van der Waals surface area contributed by atoms with E-state index in [9.17, 15) is 14.0 Å². The van der Waals surface area contributed by atoms with Crippen LogP contribution < -0.4 is 25.3 Å². The van der Waals surface area contributed by atoms with Gasteiger partial charge in [-0.2, -0.15) is 0 Å². The first-order chi connectivity index (χ1) is 19.9. The number of piperazine rings is 1. The molecule has 0 bridgehead atoms. The summed E-state index contributed by atoms with van der Waals surface area (Å²) >= 11 is 0. The van der Waals surface area contributed by atoms with Crippen molar-refractivity contribution in [2.45, 2.75) is 19.4 Å². The van der Waals surface area contributed by atoms with E-state index in [1.54, 1.807) is 42.2 Å². The number of carbonyl (C=O) groups excluding carboxylic acids is 2. The molecule has 1 atom stereocenters. The average molecular weight is 562 g/mol. The normalized spacial score (nSPS) is 16.9. The lowest BCUT2D eigenvalue weighted by Crippen LogP contribution is -2.48. The molecule has 12 heteroatoms. The fourth-order valence-corrected chi connectivity index (χ4v) is 5.03. The number of nitrogens with one attached hydrogen (secondary N) is 2. The second-order valence-corrected chi connectivity index (χ2v) is 9.66. The Morgan fingerprint density at radius 2 is 1.93 bits per heavy atom. The van der Waals surface area contributed by atoms with Crippen LogP contribution in [0.1, 0.15) is 24.9 Å². The number of hydroxylamine groups is 1. The smallest absolute Gasteiger partial charge is 0.247 e. The van der Waals surface area contributed by atoms with E-state index in [4.69, 9.17) is 9.57 Å². The van der Waals surface area contributed by atoms with E-state index in [1.165, 1.54) is 24.5 Å². The quantitative estimate of drug-likeness (QED) is 0.394. The molecule has 0 spiro atoms. The molecule has 2 saturated heterocycles. The number of carbonyl (C=O) groups is 2. The molecule has 2 fully saturated rings. The minimum atomic E-state index is -0.358. The molecule has 1 unspecified atom stereocenters. The number of amides is 2. The zero-order valence-corrected chi connectivity index (χ0v) is 23.0. The minimum absolute atomic E-state index is 0.0350. The van der Waals surface area contributed by atoms with Crippen LogP contribution >= 0.6 is 0 Å². The van der Waals surface area contributed by atoms with Crippen LogP contribution in [0.15, 0.2) is 61.4 Å². The lowest BCUT2D eigenvalue weighted by atomic mass is 10.0. The Hall–Kier alpha value is -4.71. The molecule has 11 nitrogen and oxygen atoms in total. The second-order valence-electron chi connectivity index (χ2n) is 9.66. The van der Waals surface area contributed by atoms with Gasteiger partial charge in [0, 0.05) is 51.7 Å². The summed E-state index contributed by atoms with van der Waals surface area (Å²) in [6.07, 6.45) is 3.30. The third-order valence-electron chi connectivity index (χ3n) is 7.11. The van der Waals surface area contributed by atoms with Crippen LogP contribution in [0, 0.1) is 5.82 Å². The number of rotatable bonds is 8. The number of benzene rings is 2. The molecule has 41 heavy (non-hydrogen) atoms. The Kier molecular flexibility index (Phi) is 8.29. The van der Waals surface area contributed by atoms with Crippen molar-refractivity contribution in [2.24, 2.45) is 0 Å². The molecule has 2 amide bonds. The maximum atomic E-state index is 13.9. The van der Waals surface area contributed by atoms with Gasteiger partial charge in [0.1, 0.15) is 23.7 Å². The fraction of sp³-hybridized carbons (Fsp3) is 0.310. The van der Waals surface area contributed by atoms with Gasteiger partial charge in [0.2, 0.25) is 11.8 Å². The second kappa shape index (κ2) is 12.2. The zero-order chi connectivity index (χ0) is 28.9. The summed E-state index contributed by atoms with van der Waals surface area (Å²) in [6, 6.07) is 11.6. The van der Waals surface area contributed by atoms with Gasteiger partial charge in [0.15, 0.2) is 5.82 Å². The van der Waals surface area contributed by atoms with Crippen molar-refractivity contribution < 1.29 is 23.6 Å². The van der Waals surface area contributed by atoms with Crippen molar-refractivity contribution in [3.63, 3.8) is 0 Å². The predicted molar refractivity (Wildman–Crippen MR) is 154 cm³/mol. The van der Waals surface area contributed by atoms with E-state index in [0.717, 1.165) is 11.3 Å². The number of anilines is 5. The Balaban J connectivity index is 1.43. The Bertz CT molecular complexity index is 1440. The van der Waals surface area contributed by atoms with Crippen LogP contribution in [-0.2, 0) is 14.4 Å². The number of hydrogen-bond acceptors (Lipinski definition) is 9. The Morgan fingerprint density at radius 1 is 1.12 bits per heavy atom. The summed E-state index contributed by atoms with van der Waals surface area (Å²) in [7, 11) is 1.56. The van der Waals surface area contributed by atoms with Gasteiger partial charge >= 0.3 is 0 Å². The molecule has 0 saturated carbocycles. The van der Waals surface area contributed by atoms with Crippen LogP contribution in [0.3, 0.4) is 0 Å². The number of ether oxygens (including phenoxy) is 1. The van der Waals surface area contributed by atoms with Crippen molar-refractivity contribution in [3.05, 3.63) is 72.8 Å². The Morgan fingerprint density at radius 3 is 2.63 bits per heavy atom. The van der Waals surface area contributed by atoms with Crippen molar-refractivity contribution in [1.29, 1.82) is 0 Å². The summed E-state index contributed by atoms with van der Waals surface area (Å²) in [5.74, 6) is 0.867. The van der Waals surface area contributed by atoms with E-state index >= 15 is 0 Å². The van der Waals surface area contributed by atoms with Crippen molar-refractivity contribution in [2.75, 3.05) is 60.5 Å². The van der Waals surface area contributed by atoms with Crippen LogP contribution in [0.2, 0.25) is 0 Å². The van der Waals surface area contributed by atoms with Crippen LogP contribution in [0.4, 0.5) is 33.1 Å². The molecule has 1 aromatic heterocycles. The molecule has 3 heterocycles. The number of methoxy groups -OCH3 is 1. The summed E-state index contributed by atoms with van der Waals surface area (Å²) in [6.45, 7) is 7.95. The molecule has 2 N–H and O–H groups in total. The third-order valence-corrected chi connectivity index (χ3v) is 7.11. The molecule has 2 aliphatic heterocycles. The lowest BCUT2D eigenvalue weighted by Gasteiger charge is -2.36. The van der Waals surface area contributed by atoms with Gasteiger partial charge in [-0.05, 0) is 29.8 Å². The maximum absolute atomic E-state index is 13.9. The zero-order valence-electron chi connectivity index (χ0n) is 23.0. The lowest BCUT2D eigenvalue weighted by molar-refractivity contribution is -0.129. The predicted octanol–water partition coefficient (Wildman–Crippen LogP) is 4.04. The summed E-state index contributed by atoms with van der Waals surface area (Å²) < 4.78 is 19.6. The molecule has 2 aromatic carbocycles. The molecule has 0 radical (unpaired) electrons. The summed E-state index contributed by atoms with van der Waals surface area (Å²) in [4.78, 5) is 42.6. The minimum Gasteiger partial charge on any atom is -0.494 e. The average Bonchev–Trinajstić information content (AvgIpc) is 3.48. The monoisotopic (exact) mass is 561 g/mol. The number of nitrogens with zero attached hydrogens (tertiary/aromatic N) is 5. The van der Waals surface area contributed by atoms with Gasteiger partial charge in [0.05, 0.1) is 36.8 Å². The van der Waals surface area contributed by atoms with Gasteiger partial charge < -0.3 is 25.2 Å². The highest BCUT2D eigenvalue weighted by atomic mass is 19.1. The number of halogens is 1. The molecule has 2 aliphatic rings. The summed E-state index contributed by atoms with van der Waals surface area (Å²) in [5.41, 5.74) is 2.67. The molecule has 5 rings (SSSR count). The standard InChI is InChI=1S/C29H32FN7O4/c1-4-29(39)34-22-15-23(26(40-3)16-25(22)36-11-9-35(10-12-36)19(2)38)33-27-17-28(32-18-31-27)37-24(8-13-41-37)20-6-5-7-21(30)14-20/h4-7,14-18,24H,1,8-13H2,2-3H3,(H,34,39)(H,31,32,33). The van der Waals surface area contributed by atoms with E-state index in [2.05, 4.69) is 32.1 Å². The van der Waals surface area contributed by atoms with E-state index in [0.29, 0.717) is 68.0 Å². The highest BCUT2D eigenvalue weighted by Gasteiger charge is 2.30.